The summed E-state index contributed by atoms with van der Waals surface area (Å²) in [5.74, 6) is 0.494. The van der Waals surface area contributed by atoms with Gasteiger partial charge in [-0.2, -0.15) is 0 Å². The fraction of sp³-hybridized carbons (Fsp3) is 0.438. The van der Waals surface area contributed by atoms with Crippen LogP contribution in [-0.2, 0) is 4.79 Å². The molecule has 3 atom stereocenters. The number of carbonyl (C=O) groups excluding carboxylic acids is 1. The molecule has 6 heteroatoms. The van der Waals surface area contributed by atoms with Crippen molar-refractivity contribution in [2.75, 3.05) is 0 Å². The topological polar surface area (TPSA) is 89.1 Å². The Labute approximate surface area is 127 Å². The summed E-state index contributed by atoms with van der Waals surface area (Å²) < 4.78 is 2.18. The predicted molar refractivity (Wildman–Crippen MR) is 83.4 cm³/mol. The molecule has 1 aliphatic rings. The van der Waals surface area contributed by atoms with Gasteiger partial charge in [-0.25, -0.2) is 9.97 Å². The Morgan fingerprint density at radius 2 is 2.27 bits per heavy atom. The number of nitrogens with two attached hydrogens (primary N) is 1. The summed E-state index contributed by atoms with van der Waals surface area (Å²) in [7, 11) is 0. The number of aryl methyl sites for hydroxylation is 1. The van der Waals surface area contributed by atoms with Gasteiger partial charge in [-0.15, -0.1) is 0 Å². The zero-order valence-corrected chi connectivity index (χ0v) is 12.7. The average molecular weight is 297 g/mol. The van der Waals surface area contributed by atoms with Gasteiger partial charge >= 0.3 is 0 Å². The van der Waals surface area contributed by atoms with E-state index in [0.29, 0.717) is 11.8 Å². The number of imidazole rings is 1. The van der Waals surface area contributed by atoms with Crippen molar-refractivity contribution in [2.24, 2.45) is 17.6 Å². The number of rotatable bonds is 2. The van der Waals surface area contributed by atoms with Gasteiger partial charge in [-0.05, 0) is 31.7 Å². The number of nitrogens with one attached hydrogen (secondary N) is 1. The average Bonchev–Trinajstić information content (AvgIpc) is 3.13. The molecule has 0 bridgehead atoms. The summed E-state index contributed by atoms with van der Waals surface area (Å²) in [6, 6.07) is 2.02. The van der Waals surface area contributed by atoms with Crippen molar-refractivity contribution in [3.63, 3.8) is 0 Å². The molecule has 0 aromatic carbocycles. The molecule has 22 heavy (non-hydrogen) atoms. The van der Waals surface area contributed by atoms with Crippen molar-refractivity contribution in [3.05, 3.63) is 29.8 Å². The van der Waals surface area contributed by atoms with Crippen molar-refractivity contribution in [1.29, 1.82) is 0 Å². The maximum Gasteiger partial charge on any atom is 0.220 e. The first kappa shape index (κ1) is 13.3. The molecule has 3 heterocycles. The number of nitrogens with zero attached hydrogens (tertiary/aromatic N) is 3. The van der Waals surface area contributed by atoms with E-state index >= 15 is 0 Å². The Morgan fingerprint density at radius 3 is 3.00 bits per heavy atom. The van der Waals surface area contributed by atoms with E-state index in [9.17, 15) is 4.79 Å². The van der Waals surface area contributed by atoms with Gasteiger partial charge in [0.2, 0.25) is 5.91 Å². The van der Waals surface area contributed by atoms with E-state index in [1.807, 2.05) is 19.2 Å². The number of primary amides is 1. The monoisotopic (exact) mass is 297 g/mol. The molecule has 0 radical (unpaired) electrons. The highest BCUT2D eigenvalue weighted by molar-refractivity contribution is 5.77. The molecule has 6 nitrogen and oxygen atoms in total. The number of aromatic nitrogens is 4. The molecule has 3 aromatic heterocycles. The van der Waals surface area contributed by atoms with Gasteiger partial charge in [-0.1, -0.05) is 6.92 Å². The molecule has 1 fully saturated rings. The highest BCUT2D eigenvalue weighted by atomic mass is 16.1. The van der Waals surface area contributed by atoms with Gasteiger partial charge in [0, 0.05) is 23.7 Å². The van der Waals surface area contributed by atoms with Crippen LogP contribution in [0.4, 0.5) is 0 Å². The highest BCUT2D eigenvalue weighted by Crippen LogP contribution is 2.44. The molecular weight excluding hydrogens is 278 g/mol. The summed E-state index contributed by atoms with van der Waals surface area (Å²) in [6.07, 6.45) is 5.34. The number of carbonyl (C=O) groups is 1. The molecule has 3 N–H and O–H groups in total. The van der Waals surface area contributed by atoms with Crippen LogP contribution >= 0.6 is 0 Å². The molecular formula is C16H19N5O. The fourth-order valence-corrected chi connectivity index (χ4v) is 3.96. The van der Waals surface area contributed by atoms with Crippen LogP contribution in [0.1, 0.15) is 37.1 Å². The number of amides is 1. The summed E-state index contributed by atoms with van der Waals surface area (Å²) in [5, 5.41) is 0. The van der Waals surface area contributed by atoms with E-state index < -0.39 is 0 Å². The van der Waals surface area contributed by atoms with Crippen LogP contribution in [0.25, 0.3) is 16.8 Å². The zero-order valence-electron chi connectivity index (χ0n) is 12.7. The fourth-order valence-electron chi connectivity index (χ4n) is 3.96. The van der Waals surface area contributed by atoms with Crippen LogP contribution in [0.5, 0.6) is 0 Å². The lowest BCUT2D eigenvalue weighted by Gasteiger charge is -2.16. The molecule has 0 saturated heterocycles. The van der Waals surface area contributed by atoms with Crippen molar-refractivity contribution in [3.8, 4) is 0 Å². The van der Waals surface area contributed by atoms with E-state index in [2.05, 4.69) is 26.3 Å². The van der Waals surface area contributed by atoms with E-state index in [0.717, 1.165) is 35.3 Å². The second-order valence-corrected chi connectivity index (χ2v) is 6.40. The molecule has 1 aliphatic carbocycles. The third-order valence-electron chi connectivity index (χ3n) is 5.01. The lowest BCUT2D eigenvalue weighted by atomic mass is 9.93. The van der Waals surface area contributed by atoms with Crippen LogP contribution in [0.3, 0.4) is 0 Å². The van der Waals surface area contributed by atoms with Crippen molar-refractivity contribution >= 4 is 22.7 Å². The Kier molecular flexibility index (Phi) is 2.76. The third kappa shape index (κ3) is 1.76. The standard InChI is InChI=1S/C16H19N5O/c1-8-5-10(15(17)22)6-11(8)14-9(2)20-13-7-19-16-12(21(13)14)3-4-18-16/h3-4,7-8,10-11,18H,5-6H2,1-2H3,(H2,17,22)/t8-,10+,11+/m0/s1. The summed E-state index contributed by atoms with van der Waals surface area (Å²) in [5.41, 5.74) is 10.5. The van der Waals surface area contributed by atoms with E-state index in [-0.39, 0.29) is 11.8 Å². The lowest BCUT2D eigenvalue weighted by molar-refractivity contribution is -0.121. The zero-order chi connectivity index (χ0) is 15.4. The number of hydrogen-bond acceptors (Lipinski definition) is 3. The van der Waals surface area contributed by atoms with Crippen LogP contribution < -0.4 is 5.73 Å². The normalized spacial score (nSPS) is 25.3. The number of aromatic amines is 1. The first-order valence-electron chi connectivity index (χ1n) is 7.66. The summed E-state index contributed by atoms with van der Waals surface area (Å²) in [6.45, 7) is 4.23. The van der Waals surface area contributed by atoms with E-state index in [1.54, 1.807) is 6.20 Å². The van der Waals surface area contributed by atoms with Gasteiger partial charge in [0.25, 0.3) is 0 Å². The van der Waals surface area contributed by atoms with Gasteiger partial charge in [0.1, 0.15) is 0 Å². The molecule has 0 spiro atoms. The number of hydrogen-bond donors (Lipinski definition) is 2. The predicted octanol–water partition coefficient (Wildman–Crippen LogP) is 2.13. The van der Waals surface area contributed by atoms with Gasteiger partial charge in [-0.3, -0.25) is 9.20 Å². The van der Waals surface area contributed by atoms with Crippen molar-refractivity contribution in [1.82, 2.24) is 19.4 Å². The molecule has 1 amide bonds. The quantitative estimate of drug-likeness (QED) is 0.759. The minimum absolute atomic E-state index is 0.0338. The van der Waals surface area contributed by atoms with Crippen LogP contribution in [0.15, 0.2) is 18.5 Å². The van der Waals surface area contributed by atoms with Crippen molar-refractivity contribution < 1.29 is 4.79 Å². The van der Waals surface area contributed by atoms with E-state index in [4.69, 9.17) is 5.73 Å². The maximum atomic E-state index is 11.6. The Morgan fingerprint density at radius 1 is 1.45 bits per heavy atom. The Balaban J connectivity index is 1.93. The Hall–Kier alpha value is -2.37. The van der Waals surface area contributed by atoms with E-state index in [1.165, 1.54) is 5.69 Å². The molecule has 0 unspecified atom stereocenters. The second-order valence-electron chi connectivity index (χ2n) is 6.40. The molecule has 114 valence electrons. The number of fused-ring (bicyclic) bond motifs is 3. The van der Waals surface area contributed by atoms with Gasteiger partial charge < -0.3 is 10.7 Å². The summed E-state index contributed by atoms with van der Waals surface area (Å²) in [4.78, 5) is 23.8. The smallest absolute Gasteiger partial charge is 0.220 e. The number of H-pyrrole nitrogens is 1. The van der Waals surface area contributed by atoms with Gasteiger partial charge in [0.15, 0.2) is 11.3 Å². The largest absolute Gasteiger partial charge is 0.369 e. The molecule has 4 rings (SSSR count). The second kappa shape index (κ2) is 4.56. The maximum absolute atomic E-state index is 11.6. The molecule has 1 saturated carbocycles. The summed E-state index contributed by atoms with van der Waals surface area (Å²) >= 11 is 0. The highest BCUT2D eigenvalue weighted by Gasteiger charge is 2.37. The third-order valence-corrected chi connectivity index (χ3v) is 5.01. The Bertz CT molecular complexity index is 877. The first-order chi connectivity index (χ1) is 10.6. The first-order valence-corrected chi connectivity index (χ1v) is 7.66. The van der Waals surface area contributed by atoms with Crippen molar-refractivity contribution in [2.45, 2.75) is 32.6 Å². The molecule has 0 aliphatic heterocycles. The van der Waals surface area contributed by atoms with Crippen LogP contribution in [-0.4, -0.2) is 25.3 Å². The van der Waals surface area contributed by atoms with Crippen LogP contribution in [0.2, 0.25) is 0 Å². The lowest BCUT2D eigenvalue weighted by Crippen LogP contribution is -2.20. The molecule has 3 aromatic rings. The minimum atomic E-state index is -0.186. The van der Waals surface area contributed by atoms with Gasteiger partial charge in [0.05, 0.1) is 17.4 Å². The SMILES string of the molecule is Cc1nc2cnc3[nH]ccc3n2c1[C@@H]1C[C@H](C(N)=O)C[C@@H]1C. The van der Waals surface area contributed by atoms with Crippen LogP contribution in [0, 0.1) is 18.8 Å². The minimum Gasteiger partial charge on any atom is -0.369 e.